The van der Waals surface area contributed by atoms with Crippen molar-refractivity contribution >= 4 is 22.5 Å². The summed E-state index contributed by atoms with van der Waals surface area (Å²) in [5.74, 6) is -0.494. The third-order valence-corrected chi connectivity index (χ3v) is 5.74. The zero-order valence-electron chi connectivity index (χ0n) is 16.4. The van der Waals surface area contributed by atoms with Crippen LogP contribution >= 0.6 is 0 Å². The molecule has 2 aromatic carbocycles. The molecule has 0 radical (unpaired) electrons. The third kappa shape index (κ3) is 2.85. The SMILES string of the molecule is O=C1c2c(ccc3nncn23)CN1Cc1ccc(-c2cnc3ccccc3c2)cc1F. The van der Waals surface area contributed by atoms with Gasteiger partial charge in [-0.1, -0.05) is 36.4 Å². The molecule has 7 heteroatoms. The van der Waals surface area contributed by atoms with Crippen molar-refractivity contribution in [3.63, 3.8) is 0 Å². The van der Waals surface area contributed by atoms with Crippen molar-refractivity contribution in [2.24, 2.45) is 0 Å². The third-order valence-electron chi connectivity index (χ3n) is 5.74. The molecular formula is C24H16FN5O. The number of aromatic nitrogens is 4. The molecule has 1 aliphatic heterocycles. The zero-order chi connectivity index (χ0) is 20.9. The van der Waals surface area contributed by atoms with E-state index in [1.165, 1.54) is 12.4 Å². The number of nitrogens with zero attached hydrogens (tertiary/aromatic N) is 5. The van der Waals surface area contributed by atoms with Crippen LogP contribution in [0.1, 0.15) is 21.6 Å². The molecule has 3 aromatic heterocycles. The maximum Gasteiger partial charge on any atom is 0.271 e. The Kier molecular flexibility index (Phi) is 3.83. The van der Waals surface area contributed by atoms with Gasteiger partial charge in [-0.05, 0) is 29.8 Å². The van der Waals surface area contributed by atoms with Gasteiger partial charge in [-0.2, -0.15) is 0 Å². The number of amides is 1. The Bertz CT molecular complexity index is 1490. The predicted molar refractivity (Wildman–Crippen MR) is 114 cm³/mol. The highest BCUT2D eigenvalue weighted by Gasteiger charge is 2.30. The molecular weight excluding hydrogens is 393 g/mol. The molecule has 0 aliphatic carbocycles. The monoisotopic (exact) mass is 409 g/mol. The number of para-hydroxylation sites is 1. The average Bonchev–Trinajstić information content (AvgIpc) is 3.39. The Labute approximate surface area is 176 Å². The van der Waals surface area contributed by atoms with Crippen molar-refractivity contribution in [2.75, 3.05) is 0 Å². The lowest BCUT2D eigenvalue weighted by atomic mass is 10.0. The molecule has 1 amide bonds. The average molecular weight is 409 g/mol. The van der Waals surface area contributed by atoms with Crippen molar-refractivity contribution in [1.29, 1.82) is 0 Å². The van der Waals surface area contributed by atoms with E-state index in [1.807, 2.05) is 48.5 Å². The van der Waals surface area contributed by atoms with Crippen molar-refractivity contribution in [3.05, 3.63) is 95.8 Å². The molecule has 1 aliphatic rings. The van der Waals surface area contributed by atoms with E-state index in [1.54, 1.807) is 21.6 Å². The molecule has 31 heavy (non-hydrogen) atoms. The fourth-order valence-electron chi connectivity index (χ4n) is 4.15. The van der Waals surface area contributed by atoms with E-state index in [0.29, 0.717) is 23.4 Å². The van der Waals surface area contributed by atoms with E-state index in [0.717, 1.165) is 27.6 Å². The molecule has 5 aromatic rings. The van der Waals surface area contributed by atoms with Crippen molar-refractivity contribution in [2.45, 2.75) is 13.1 Å². The highest BCUT2D eigenvalue weighted by atomic mass is 19.1. The van der Waals surface area contributed by atoms with E-state index in [9.17, 15) is 9.18 Å². The van der Waals surface area contributed by atoms with Crippen LogP contribution in [0, 0.1) is 5.82 Å². The minimum absolute atomic E-state index is 0.150. The molecule has 0 spiro atoms. The Morgan fingerprint density at radius 1 is 1.00 bits per heavy atom. The first kappa shape index (κ1) is 17.7. The van der Waals surface area contributed by atoms with E-state index >= 15 is 0 Å². The van der Waals surface area contributed by atoms with Crippen LogP contribution in [0.4, 0.5) is 4.39 Å². The highest BCUT2D eigenvalue weighted by molar-refractivity contribution is 5.97. The molecule has 0 atom stereocenters. The highest BCUT2D eigenvalue weighted by Crippen LogP contribution is 2.28. The van der Waals surface area contributed by atoms with Crippen LogP contribution in [0.5, 0.6) is 0 Å². The minimum Gasteiger partial charge on any atom is -0.329 e. The number of carbonyl (C=O) groups excluding carboxylic acids is 1. The van der Waals surface area contributed by atoms with Gasteiger partial charge in [-0.3, -0.25) is 14.2 Å². The Hall–Kier alpha value is -4.13. The van der Waals surface area contributed by atoms with Crippen molar-refractivity contribution in [1.82, 2.24) is 24.5 Å². The molecule has 0 fully saturated rings. The van der Waals surface area contributed by atoms with Gasteiger partial charge in [0.05, 0.1) is 5.52 Å². The van der Waals surface area contributed by atoms with Crippen LogP contribution in [0.25, 0.3) is 27.7 Å². The van der Waals surface area contributed by atoms with Crippen LogP contribution < -0.4 is 0 Å². The van der Waals surface area contributed by atoms with Crippen LogP contribution in [0.3, 0.4) is 0 Å². The standard InChI is InChI=1S/C24H16FN5O/c25-20-10-15(19-9-16-3-1-2-4-21(16)26-11-19)5-6-17(20)12-29-13-18-7-8-22-28-27-14-30(22)23(18)24(29)31/h1-11,14H,12-13H2. The molecule has 0 bridgehead atoms. The lowest BCUT2D eigenvalue weighted by Crippen LogP contribution is -2.24. The van der Waals surface area contributed by atoms with Crippen LogP contribution in [-0.4, -0.2) is 30.4 Å². The lowest BCUT2D eigenvalue weighted by molar-refractivity contribution is 0.0760. The fraction of sp³-hybridized carbons (Fsp3) is 0.0833. The molecule has 0 unspecified atom stereocenters. The first-order valence-electron chi connectivity index (χ1n) is 9.92. The van der Waals surface area contributed by atoms with Gasteiger partial charge in [0.15, 0.2) is 5.65 Å². The van der Waals surface area contributed by atoms with Gasteiger partial charge < -0.3 is 4.90 Å². The smallest absolute Gasteiger partial charge is 0.271 e. The Balaban J connectivity index is 1.29. The quantitative estimate of drug-likeness (QED) is 0.447. The van der Waals surface area contributed by atoms with Gasteiger partial charge in [0.25, 0.3) is 5.91 Å². The van der Waals surface area contributed by atoms with E-state index in [-0.39, 0.29) is 18.3 Å². The second-order valence-corrected chi connectivity index (χ2v) is 7.65. The number of hydrogen-bond acceptors (Lipinski definition) is 4. The number of pyridine rings is 2. The number of hydrogen-bond donors (Lipinski definition) is 0. The van der Waals surface area contributed by atoms with Crippen molar-refractivity contribution < 1.29 is 9.18 Å². The number of halogens is 1. The van der Waals surface area contributed by atoms with Gasteiger partial charge >= 0.3 is 0 Å². The fourth-order valence-corrected chi connectivity index (χ4v) is 4.15. The molecule has 0 N–H and O–H groups in total. The maximum absolute atomic E-state index is 15.0. The molecule has 0 saturated heterocycles. The lowest BCUT2D eigenvalue weighted by Gasteiger charge is -2.16. The maximum atomic E-state index is 15.0. The number of benzene rings is 2. The zero-order valence-corrected chi connectivity index (χ0v) is 16.4. The summed E-state index contributed by atoms with van der Waals surface area (Å²) in [4.78, 5) is 19.1. The summed E-state index contributed by atoms with van der Waals surface area (Å²) in [5.41, 5.74) is 5.02. The van der Waals surface area contributed by atoms with Crippen LogP contribution in [0.2, 0.25) is 0 Å². The Morgan fingerprint density at radius 3 is 2.81 bits per heavy atom. The first-order valence-corrected chi connectivity index (χ1v) is 9.92. The molecule has 150 valence electrons. The van der Waals surface area contributed by atoms with E-state index < -0.39 is 0 Å². The summed E-state index contributed by atoms with van der Waals surface area (Å²) in [5, 5.41) is 8.86. The molecule has 6 nitrogen and oxygen atoms in total. The van der Waals surface area contributed by atoms with E-state index in [2.05, 4.69) is 15.2 Å². The van der Waals surface area contributed by atoms with Gasteiger partial charge in [0, 0.05) is 41.4 Å². The summed E-state index contributed by atoms with van der Waals surface area (Å²) in [6.45, 7) is 0.622. The van der Waals surface area contributed by atoms with Crippen molar-refractivity contribution in [3.8, 4) is 11.1 Å². The summed E-state index contributed by atoms with van der Waals surface area (Å²) < 4.78 is 16.7. The molecule has 6 rings (SSSR count). The van der Waals surface area contributed by atoms with E-state index in [4.69, 9.17) is 0 Å². The van der Waals surface area contributed by atoms with Gasteiger partial charge in [0.2, 0.25) is 0 Å². The minimum atomic E-state index is -0.344. The van der Waals surface area contributed by atoms with Gasteiger partial charge in [-0.15, -0.1) is 10.2 Å². The number of rotatable bonds is 3. The number of carbonyl (C=O) groups is 1. The van der Waals surface area contributed by atoms with Crippen LogP contribution in [-0.2, 0) is 13.1 Å². The normalized spacial score (nSPS) is 13.3. The first-order chi connectivity index (χ1) is 15.2. The number of fused-ring (bicyclic) bond motifs is 4. The summed E-state index contributed by atoms with van der Waals surface area (Å²) in [6, 6.07) is 18.7. The van der Waals surface area contributed by atoms with Crippen LogP contribution in [0.15, 0.2) is 73.2 Å². The second-order valence-electron chi connectivity index (χ2n) is 7.65. The summed E-state index contributed by atoms with van der Waals surface area (Å²) >= 11 is 0. The summed E-state index contributed by atoms with van der Waals surface area (Å²) in [6.07, 6.45) is 3.28. The van der Waals surface area contributed by atoms with Gasteiger partial charge in [0.1, 0.15) is 17.8 Å². The second kappa shape index (κ2) is 6.70. The predicted octanol–water partition coefficient (Wildman–Crippen LogP) is 4.24. The van der Waals surface area contributed by atoms with Gasteiger partial charge in [-0.25, -0.2) is 4.39 Å². The summed E-state index contributed by atoms with van der Waals surface area (Å²) in [7, 11) is 0. The topological polar surface area (TPSA) is 63.4 Å². The largest absolute Gasteiger partial charge is 0.329 e. The Morgan fingerprint density at radius 2 is 1.90 bits per heavy atom. The molecule has 4 heterocycles. The molecule has 0 saturated carbocycles.